The number of halogens is 1. The van der Waals surface area contributed by atoms with Crippen molar-refractivity contribution in [2.75, 3.05) is 10.0 Å². The summed E-state index contributed by atoms with van der Waals surface area (Å²) in [6.45, 7) is 0. The minimum Gasteiger partial charge on any atom is -0.507 e. The van der Waals surface area contributed by atoms with Crippen molar-refractivity contribution < 1.29 is 18.3 Å². The number of hydrogen-bond donors (Lipinski definition) is 3. The Balaban J connectivity index is 1.34. The standard InChI is InChI=1S/C26H18ClN3O4S2/c27-19-8-10-21(11-9-19)36(33,34)30-20-7-3-6-18(12-20)23-15-35-26(28-23)29-25(32)22-13-16-4-1-2-5-17(16)14-24(22)31/h1-15,30-31H,(H,28,29,32). The van der Waals surface area contributed by atoms with E-state index in [-0.39, 0.29) is 16.2 Å². The number of rotatable bonds is 6. The van der Waals surface area contributed by atoms with E-state index in [1.807, 2.05) is 24.3 Å². The van der Waals surface area contributed by atoms with Crippen molar-refractivity contribution in [2.24, 2.45) is 0 Å². The third kappa shape index (κ3) is 5.03. The summed E-state index contributed by atoms with van der Waals surface area (Å²) in [6.07, 6.45) is 0. The van der Waals surface area contributed by atoms with Gasteiger partial charge in [0, 0.05) is 21.7 Å². The highest BCUT2D eigenvalue weighted by molar-refractivity contribution is 7.92. The maximum Gasteiger partial charge on any atom is 0.261 e. The number of nitrogens with zero attached hydrogens (tertiary/aromatic N) is 1. The average Bonchev–Trinajstić information content (AvgIpc) is 3.32. The van der Waals surface area contributed by atoms with Crippen LogP contribution in [0.2, 0.25) is 5.02 Å². The van der Waals surface area contributed by atoms with Crippen molar-refractivity contribution in [1.29, 1.82) is 0 Å². The Bertz CT molecular complexity index is 1700. The molecule has 4 aromatic carbocycles. The van der Waals surface area contributed by atoms with Crippen LogP contribution in [-0.2, 0) is 10.0 Å². The lowest BCUT2D eigenvalue weighted by molar-refractivity contribution is 0.102. The number of aromatic hydroxyl groups is 1. The fourth-order valence-corrected chi connectivity index (χ4v) is 5.50. The third-order valence-electron chi connectivity index (χ3n) is 5.37. The molecule has 1 heterocycles. The minimum atomic E-state index is -3.80. The van der Waals surface area contributed by atoms with Crippen LogP contribution in [0.4, 0.5) is 10.8 Å². The number of amides is 1. The fraction of sp³-hybridized carbons (Fsp3) is 0. The second kappa shape index (κ2) is 9.62. The van der Waals surface area contributed by atoms with Crippen molar-refractivity contribution in [3.8, 4) is 17.0 Å². The highest BCUT2D eigenvalue weighted by atomic mass is 35.5. The Morgan fingerprint density at radius 1 is 0.917 bits per heavy atom. The molecule has 0 spiro atoms. The van der Waals surface area contributed by atoms with E-state index >= 15 is 0 Å². The molecular weight excluding hydrogens is 518 g/mol. The molecule has 0 saturated carbocycles. The van der Waals surface area contributed by atoms with E-state index in [2.05, 4.69) is 15.0 Å². The molecule has 1 amide bonds. The van der Waals surface area contributed by atoms with Crippen LogP contribution in [0, 0.1) is 0 Å². The fourth-order valence-electron chi connectivity index (χ4n) is 3.61. The normalized spacial score (nSPS) is 11.4. The molecule has 0 aliphatic heterocycles. The number of phenolic OH excluding ortho intramolecular Hbond substituents is 1. The van der Waals surface area contributed by atoms with Gasteiger partial charge in [-0.15, -0.1) is 11.3 Å². The van der Waals surface area contributed by atoms with Gasteiger partial charge in [0.25, 0.3) is 15.9 Å². The molecule has 0 aliphatic carbocycles. The smallest absolute Gasteiger partial charge is 0.261 e. The minimum absolute atomic E-state index is 0.0907. The summed E-state index contributed by atoms with van der Waals surface area (Å²) < 4.78 is 27.9. The Morgan fingerprint density at radius 2 is 1.64 bits per heavy atom. The monoisotopic (exact) mass is 535 g/mol. The second-order valence-electron chi connectivity index (χ2n) is 7.85. The van der Waals surface area contributed by atoms with E-state index in [4.69, 9.17) is 11.6 Å². The van der Waals surface area contributed by atoms with Crippen molar-refractivity contribution in [3.05, 3.63) is 101 Å². The Hall–Kier alpha value is -3.92. The van der Waals surface area contributed by atoms with Crippen LogP contribution in [0.3, 0.4) is 0 Å². The van der Waals surface area contributed by atoms with Gasteiger partial charge in [-0.1, -0.05) is 48.0 Å². The summed E-state index contributed by atoms with van der Waals surface area (Å²) in [5, 5.41) is 17.2. The zero-order valence-corrected chi connectivity index (χ0v) is 20.9. The zero-order valence-electron chi connectivity index (χ0n) is 18.5. The number of carbonyl (C=O) groups is 1. The van der Waals surface area contributed by atoms with E-state index in [0.717, 1.165) is 10.8 Å². The first-order valence-corrected chi connectivity index (χ1v) is 13.4. The van der Waals surface area contributed by atoms with Crippen molar-refractivity contribution >= 4 is 60.5 Å². The van der Waals surface area contributed by atoms with E-state index in [0.29, 0.717) is 27.1 Å². The molecule has 5 aromatic rings. The Kier molecular flexibility index (Phi) is 6.36. The highest BCUT2D eigenvalue weighted by Gasteiger charge is 2.17. The van der Waals surface area contributed by atoms with Crippen molar-refractivity contribution in [1.82, 2.24) is 4.98 Å². The van der Waals surface area contributed by atoms with Crippen LogP contribution >= 0.6 is 22.9 Å². The van der Waals surface area contributed by atoms with E-state index in [9.17, 15) is 18.3 Å². The highest BCUT2D eigenvalue weighted by Crippen LogP contribution is 2.30. The van der Waals surface area contributed by atoms with Gasteiger partial charge in [-0.25, -0.2) is 13.4 Å². The number of aromatic nitrogens is 1. The number of hydrogen-bond acceptors (Lipinski definition) is 6. The second-order valence-corrected chi connectivity index (χ2v) is 10.8. The van der Waals surface area contributed by atoms with Gasteiger partial charge >= 0.3 is 0 Å². The number of fused-ring (bicyclic) bond motifs is 1. The molecular formula is C26H18ClN3O4S2. The Morgan fingerprint density at radius 3 is 2.39 bits per heavy atom. The van der Waals surface area contributed by atoms with Crippen LogP contribution < -0.4 is 10.0 Å². The number of phenols is 1. The van der Waals surface area contributed by atoms with Crippen LogP contribution in [-0.4, -0.2) is 24.4 Å². The average molecular weight is 536 g/mol. The van der Waals surface area contributed by atoms with Crippen molar-refractivity contribution in [2.45, 2.75) is 4.90 Å². The summed E-state index contributed by atoms with van der Waals surface area (Å²) in [7, 11) is -3.80. The van der Waals surface area contributed by atoms with Gasteiger partial charge in [0.2, 0.25) is 0 Å². The molecule has 5 rings (SSSR count). The quantitative estimate of drug-likeness (QED) is 0.234. The number of nitrogens with one attached hydrogen (secondary N) is 2. The molecule has 1 aromatic heterocycles. The van der Waals surface area contributed by atoms with Crippen LogP contribution in [0.25, 0.3) is 22.0 Å². The lowest BCUT2D eigenvalue weighted by atomic mass is 10.1. The third-order valence-corrected chi connectivity index (χ3v) is 7.77. The largest absolute Gasteiger partial charge is 0.507 e. The van der Waals surface area contributed by atoms with Gasteiger partial charge in [0.1, 0.15) is 5.75 Å². The van der Waals surface area contributed by atoms with E-state index in [1.165, 1.54) is 35.6 Å². The van der Waals surface area contributed by atoms with Crippen LogP contribution in [0.1, 0.15) is 10.4 Å². The maximum atomic E-state index is 12.8. The topological polar surface area (TPSA) is 108 Å². The van der Waals surface area contributed by atoms with Gasteiger partial charge in [-0.05, 0) is 59.3 Å². The summed E-state index contributed by atoms with van der Waals surface area (Å²) in [6, 6.07) is 23.3. The molecule has 0 saturated heterocycles. The lowest BCUT2D eigenvalue weighted by Gasteiger charge is -2.09. The van der Waals surface area contributed by atoms with Gasteiger partial charge in [0.15, 0.2) is 5.13 Å². The summed E-state index contributed by atoms with van der Waals surface area (Å²) in [5.41, 5.74) is 1.73. The SMILES string of the molecule is O=C(Nc1nc(-c2cccc(NS(=O)(=O)c3ccc(Cl)cc3)c2)cs1)c1cc2ccccc2cc1O. The first-order valence-electron chi connectivity index (χ1n) is 10.7. The predicted octanol–water partition coefficient (Wildman–Crippen LogP) is 6.38. The van der Waals surface area contributed by atoms with E-state index in [1.54, 1.807) is 41.8 Å². The Labute approximate surface area is 216 Å². The predicted molar refractivity (Wildman–Crippen MR) is 143 cm³/mol. The number of benzene rings is 4. The molecule has 0 atom stereocenters. The zero-order chi connectivity index (χ0) is 25.3. The van der Waals surface area contributed by atoms with Crippen LogP contribution in [0.15, 0.2) is 95.2 Å². The summed E-state index contributed by atoms with van der Waals surface area (Å²) >= 11 is 7.07. The van der Waals surface area contributed by atoms with Gasteiger partial charge in [0.05, 0.1) is 16.2 Å². The van der Waals surface area contributed by atoms with Crippen LogP contribution in [0.5, 0.6) is 5.75 Å². The molecule has 0 radical (unpaired) electrons. The molecule has 0 fully saturated rings. The molecule has 10 heteroatoms. The first-order chi connectivity index (χ1) is 17.3. The first kappa shape index (κ1) is 23.8. The number of anilines is 2. The number of thiazole rings is 1. The molecule has 0 bridgehead atoms. The van der Waals surface area contributed by atoms with Crippen molar-refractivity contribution in [3.63, 3.8) is 0 Å². The molecule has 0 aliphatic rings. The summed E-state index contributed by atoms with van der Waals surface area (Å²) in [5.74, 6) is -0.604. The molecule has 180 valence electrons. The molecule has 3 N–H and O–H groups in total. The van der Waals surface area contributed by atoms with Gasteiger partial charge < -0.3 is 5.11 Å². The van der Waals surface area contributed by atoms with Gasteiger partial charge in [-0.3, -0.25) is 14.8 Å². The lowest BCUT2D eigenvalue weighted by Crippen LogP contribution is -2.12. The molecule has 36 heavy (non-hydrogen) atoms. The number of sulfonamides is 1. The maximum absolute atomic E-state index is 12.8. The summed E-state index contributed by atoms with van der Waals surface area (Å²) in [4.78, 5) is 17.3. The molecule has 0 unspecified atom stereocenters. The molecule has 7 nitrogen and oxygen atoms in total. The van der Waals surface area contributed by atoms with Gasteiger partial charge in [-0.2, -0.15) is 0 Å². The van der Waals surface area contributed by atoms with E-state index < -0.39 is 15.9 Å². The number of carbonyl (C=O) groups excluding carboxylic acids is 1.